The summed E-state index contributed by atoms with van der Waals surface area (Å²) in [5, 5.41) is 12.2. The molecule has 59 heavy (non-hydrogen) atoms. The van der Waals surface area contributed by atoms with Gasteiger partial charge in [-0.3, -0.25) is 42.0 Å². The van der Waals surface area contributed by atoms with E-state index in [1.165, 1.54) is 24.8 Å². The molecule has 338 valence electrons. The Morgan fingerprint density at radius 3 is 2.47 bits per heavy atom. The van der Waals surface area contributed by atoms with Crippen molar-refractivity contribution < 1.29 is 71.0 Å². The van der Waals surface area contributed by atoms with Crippen molar-refractivity contribution in [3.05, 3.63) is 38.7 Å². The zero-order chi connectivity index (χ0) is 44.3. The number of aromatic amines is 1. The van der Waals surface area contributed by atoms with Crippen LogP contribution in [0.2, 0.25) is 0 Å². The van der Waals surface area contributed by atoms with E-state index in [4.69, 9.17) is 34.7 Å². The molecule has 0 bridgehead atoms. The molecular weight excluding hydrogens is 862 g/mol. The summed E-state index contributed by atoms with van der Waals surface area (Å²) >= 11 is 1.47. The summed E-state index contributed by atoms with van der Waals surface area (Å²) in [5.41, 5.74) is 3.71. The molecule has 1 aromatic rings. The summed E-state index contributed by atoms with van der Waals surface area (Å²) in [6, 6.07) is 0. The molecule has 2 saturated heterocycles. The minimum Gasteiger partial charge on any atom is -0.394 e. The number of phosphoric ester groups is 2. The molecule has 8 unspecified atom stereocenters. The Morgan fingerprint density at radius 2 is 1.76 bits per heavy atom. The molecule has 0 aliphatic carbocycles. The van der Waals surface area contributed by atoms with Crippen molar-refractivity contribution in [1.82, 2.24) is 14.9 Å². The van der Waals surface area contributed by atoms with Crippen LogP contribution in [0.5, 0.6) is 0 Å². The van der Waals surface area contributed by atoms with Crippen molar-refractivity contribution >= 4 is 55.0 Å². The fourth-order valence-electron chi connectivity index (χ4n) is 5.94. The summed E-state index contributed by atoms with van der Waals surface area (Å²) in [6.45, 7) is 0.0182. The quantitative estimate of drug-likeness (QED) is 0.0362. The number of nitrogens with one attached hydrogen (secondary N) is 2. The largest absolute Gasteiger partial charge is 0.472 e. The fraction of sp³-hybridized carbons (Fsp3) is 0.765. The average molecular weight is 923 g/mol. The van der Waals surface area contributed by atoms with Crippen LogP contribution in [0.3, 0.4) is 0 Å². The second-order valence-corrected chi connectivity index (χ2v) is 20.1. The maximum Gasteiger partial charge on any atom is 0.472 e. The fourth-order valence-corrected chi connectivity index (χ4v) is 10.8. The minimum absolute atomic E-state index is 0.0115. The van der Waals surface area contributed by atoms with Crippen LogP contribution in [-0.2, 0) is 56.1 Å². The Balaban J connectivity index is 1.55. The number of sulfone groups is 1. The summed E-state index contributed by atoms with van der Waals surface area (Å²) in [6.07, 6.45) is 1.68. The number of hydrogen-bond acceptors (Lipinski definition) is 17. The molecule has 8 atom stereocenters. The summed E-state index contributed by atoms with van der Waals surface area (Å²) in [4.78, 5) is 71.9. The summed E-state index contributed by atoms with van der Waals surface area (Å²) in [5.74, 6) is -0.274. The third kappa shape index (κ3) is 19.7. The number of thioether (sulfide) groups is 1. The molecular formula is C34H58N4O17P2S2. The van der Waals surface area contributed by atoms with Crippen LogP contribution in [0.15, 0.2) is 21.9 Å². The number of nitrogens with zero attached hydrogens (tertiary/aromatic N) is 1. The predicted octanol–water partition coefficient (Wildman–Crippen LogP) is 1.56. The first-order valence-corrected chi connectivity index (χ1v) is 25.2. The van der Waals surface area contributed by atoms with Crippen LogP contribution in [0, 0.1) is 0 Å². The van der Waals surface area contributed by atoms with E-state index >= 15 is 0 Å². The Labute approximate surface area is 348 Å². The van der Waals surface area contributed by atoms with Crippen molar-refractivity contribution in [2.24, 2.45) is 5.73 Å². The highest BCUT2D eigenvalue weighted by Gasteiger charge is 2.44. The summed E-state index contributed by atoms with van der Waals surface area (Å²) < 4.78 is 90.3. The van der Waals surface area contributed by atoms with Crippen molar-refractivity contribution in [2.75, 3.05) is 62.5 Å². The number of aliphatic hydroxyl groups excluding tert-OH is 1. The molecule has 2 aliphatic heterocycles. The number of carbonyl (C=O) groups is 2. The number of aromatic nitrogens is 2. The van der Waals surface area contributed by atoms with Gasteiger partial charge in [0, 0.05) is 44.0 Å². The first kappa shape index (κ1) is 49.6. The molecule has 1 amide bonds. The molecule has 0 radical (unpaired) electrons. The monoisotopic (exact) mass is 922 g/mol. The van der Waals surface area contributed by atoms with Gasteiger partial charge in [-0.05, 0) is 63.8 Å². The molecule has 3 heterocycles. The SMILES string of the molecule is [3H]C1CC(OP(=O)(O)OC2CC(n3cc(/C=C/C(=O)NCCCCN)c(=O)[nH]c3=O)OC2CCCOP(=O)(O)OCCCCCCSCCS(=O)(=O)CC(C)=O)C(CO)O1. The van der Waals surface area contributed by atoms with E-state index in [2.05, 4.69) is 10.3 Å². The van der Waals surface area contributed by atoms with E-state index in [0.717, 1.165) is 35.4 Å². The molecule has 2 fully saturated rings. The first-order chi connectivity index (χ1) is 28.3. The van der Waals surface area contributed by atoms with Gasteiger partial charge in [-0.25, -0.2) is 22.3 Å². The highest BCUT2D eigenvalue weighted by Crippen LogP contribution is 2.51. The maximum atomic E-state index is 13.2. The number of nitrogens with two attached hydrogens (primary N) is 1. The van der Waals surface area contributed by atoms with Crippen molar-refractivity contribution in [3.63, 3.8) is 0 Å². The number of ketones is 1. The molecule has 0 aromatic carbocycles. The van der Waals surface area contributed by atoms with Gasteiger partial charge in [0.15, 0.2) is 9.84 Å². The lowest BCUT2D eigenvalue weighted by molar-refractivity contribution is -0.116. The number of rotatable bonds is 30. The van der Waals surface area contributed by atoms with Crippen LogP contribution in [0.4, 0.5) is 0 Å². The van der Waals surface area contributed by atoms with E-state index in [-0.39, 0.29) is 56.0 Å². The predicted molar refractivity (Wildman–Crippen MR) is 217 cm³/mol. The molecule has 2 aliphatic rings. The first-order valence-electron chi connectivity index (χ1n) is 19.9. The zero-order valence-electron chi connectivity index (χ0n) is 33.9. The highest BCUT2D eigenvalue weighted by molar-refractivity contribution is 8.00. The van der Waals surface area contributed by atoms with Gasteiger partial charge in [0.1, 0.15) is 30.0 Å². The van der Waals surface area contributed by atoms with Gasteiger partial charge < -0.3 is 35.4 Å². The van der Waals surface area contributed by atoms with Crippen LogP contribution < -0.4 is 22.3 Å². The summed E-state index contributed by atoms with van der Waals surface area (Å²) in [7, 11) is -12.8. The molecule has 21 nitrogen and oxygen atoms in total. The number of Topliss-reactive ketones (excluding diaryl/α,β-unsaturated/α-hetero) is 1. The third-order valence-electron chi connectivity index (χ3n) is 8.85. The van der Waals surface area contributed by atoms with Crippen LogP contribution >= 0.6 is 27.4 Å². The van der Waals surface area contributed by atoms with E-state index in [1.54, 1.807) is 0 Å². The van der Waals surface area contributed by atoms with E-state index in [0.29, 0.717) is 44.5 Å². The number of H-pyrrole nitrogens is 1. The number of ether oxygens (including phenoxy) is 2. The second kappa shape index (κ2) is 25.8. The minimum atomic E-state index is -4.92. The van der Waals surface area contributed by atoms with Gasteiger partial charge in [-0.1, -0.05) is 12.8 Å². The second-order valence-electron chi connectivity index (χ2n) is 13.8. The van der Waals surface area contributed by atoms with Gasteiger partial charge in [-0.2, -0.15) is 11.8 Å². The van der Waals surface area contributed by atoms with E-state index in [1.807, 2.05) is 0 Å². The topological polar surface area (TPSA) is 311 Å². The lowest BCUT2D eigenvalue weighted by atomic mass is 10.1. The lowest BCUT2D eigenvalue weighted by Crippen LogP contribution is -2.33. The Kier molecular flexibility index (Phi) is 21.6. The van der Waals surface area contributed by atoms with Crippen LogP contribution in [-0.4, -0.2) is 131 Å². The van der Waals surface area contributed by atoms with E-state index in [9.17, 15) is 51.6 Å². The number of aliphatic hydroxyl groups is 1. The highest BCUT2D eigenvalue weighted by atomic mass is 32.2. The molecule has 0 spiro atoms. The lowest BCUT2D eigenvalue weighted by Gasteiger charge is -2.24. The van der Waals surface area contributed by atoms with Crippen LogP contribution in [0.25, 0.3) is 6.08 Å². The normalized spacial score (nSPS) is 24.5. The zero-order valence-corrected chi connectivity index (χ0v) is 36.3. The Morgan fingerprint density at radius 1 is 1.05 bits per heavy atom. The standard InChI is InChI=1S/C34H58N4O17P2S2/c1-25(40)24-59(48,49)20-19-58-18-7-3-2-6-15-51-56(44,45)52-16-8-9-27-29(55-57(46,47)54-28-12-17-50-30(28)23-39)21-32(53-27)38-22-26(33(42)37-34(38)43)10-11-31(41)36-14-5-4-13-35/h10-11,22,27-30,32,39H,2-9,12-21,23-24,35H2,1H3,(H,36,41)(H,44,45)(H,46,47)(H,37,42,43)/b11-10+/i17T. The van der Waals surface area contributed by atoms with Gasteiger partial charge >= 0.3 is 21.3 Å². The number of hydrogen-bond donors (Lipinski definition) is 6. The number of carbonyl (C=O) groups excluding carboxylic acids is 2. The average Bonchev–Trinajstić information content (AvgIpc) is 3.71. The molecule has 0 saturated carbocycles. The third-order valence-corrected chi connectivity index (χ3v) is 13.9. The number of phosphoric acid groups is 2. The van der Waals surface area contributed by atoms with Gasteiger partial charge in [0.05, 0.1) is 44.7 Å². The smallest absolute Gasteiger partial charge is 0.394 e. The molecule has 7 N–H and O–H groups in total. The maximum absolute atomic E-state index is 13.2. The Hall–Kier alpha value is -2.08. The Bertz CT molecular complexity index is 1890. The van der Waals surface area contributed by atoms with Gasteiger partial charge in [0.2, 0.25) is 5.91 Å². The van der Waals surface area contributed by atoms with Gasteiger partial charge in [-0.15, -0.1) is 0 Å². The molecule has 3 rings (SSSR count). The van der Waals surface area contributed by atoms with E-state index < -0.39 is 92.2 Å². The molecule has 1 aromatic heterocycles. The number of amides is 1. The molecule has 25 heteroatoms. The van der Waals surface area contributed by atoms with Gasteiger partial charge in [0.25, 0.3) is 5.56 Å². The van der Waals surface area contributed by atoms with Crippen molar-refractivity contribution in [3.8, 4) is 0 Å². The number of unbranched alkanes of at least 4 members (excludes halogenated alkanes) is 4. The van der Waals surface area contributed by atoms with Crippen LogP contribution in [0.1, 0.15) is 84.3 Å². The van der Waals surface area contributed by atoms with Crippen molar-refractivity contribution in [2.45, 2.75) is 102 Å². The van der Waals surface area contributed by atoms with Crippen molar-refractivity contribution in [1.29, 1.82) is 0 Å².